The second-order valence-corrected chi connectivity index (χ2v) is 3.67. The van der Waals surface area contributed by atoms with Gasteiger partial charge in [-0.15, -0.1) is 0 Å². The number of nitrogens with zero attached hydrogens (tertiary/aromatic N) is 3. The summed E-state index contributed by atoms with van der Waals surface area (Å²) in [6.07, 6.45) is 4.04. The van der Waals surface area contributed by atoms with E-state index < -0.39 is 0 Å². The molecule has 2 amide bonds. The molecule has 5 heteroatoms. The van der Waals surface area contributed by atoms with Gasteiger partial charge in [-0.2, -0.15) is 0 Å². The highest BCUT2D eigenvalue weighted by molar-refractivity contribution is 5.94. The Labute approximate surface area is 93.7 Å². The minimum absolute atomic E-state index is 0.00736. The second-order valence-electron chi connectivity index (χ2n) is 3.67. The molecule has 1 fully saturated rings. The molecule has 1 aliphatic heterocycles. The average Bonchev–Trinajstić information content (AvgIpc) is 2.39. The SMILES string of the molecule is O=CN1CCN(C(=O)c2ccncc2)CC1. The molecule has 0 aromatic carbocycles. The van der Waals surface area contributed by atoms with Crippen LogP contribution in [-0.4, -0.2) is 53.3 Å². The molecule has 0 radical (unpaired) electrons. The Morgan fingerprint density at radius 2 is 1.81 bits per heavy atom. The quantitative estimate of drug-likeness (QED) is 0.658. The summed E-state index contributed by atoms with van der Waals surface area (Å²) < 4.78 is 0. The van der Waals surface area contributed by atoms with Crippen molar-refractivity contribution in [3.05, 3.63) is 30.1 Å². The number of rotatable bonds is 2. The molecule has 16 heavy (non-hydrogen) atoms. The molecule has 5 nitrogen and oxygen atoms in total. The topological polar surface area (TPSA) is 53.5 Å². The normalized spacial score (nSPS) is 16.0. The summed E-state index contributed by atoms with van der Waals surface area (Å²) >= 11 is 0. The Morgan fingerprint density at radius 3 is 2.38 bits per heavy atom. The monoisotopic (exact) mass is 219 g/mol. The van der Waals surface area contributed by atoms with Crippen LogP contribution in [0.3, 0.4) is 0 Å². The van der Waals surface area contributed by atoms with E-state index in [4.69, 9.17) is 0 Å². The van der Waals surface area contributed by atoms with Gasteiger partial charge in [0.25, 0.3) is 5.91 Å². The van der Waals surface area contributed by atoms with Crippen molar-refractivity contribution in [1.29, 1.82) is 0 Å². The number of carbonyl (C=O) groups excluding carboxylic acids is 2. The van der Waals surface area contributed by atoms with E-state index in [9.17, 15) is 9.59 Å². The summed E-state index contributed by atoms with van der Waals surface area (Å²) in [5.41, 5.74) is 0.648. The Balaban J connectivity index is 1.99. The van der Waals surface area contributed by atoms with Crippen LogP contribution in [0.1, 0.15) is 10.4 Å². The lowest BCUT2D eigenvalue weighted by atomic mass is 10.2. The van der Waals surface area contributed by atoms with Gasteiger partial charge in [-0.3, -0.25) is 14.6 Å². The third-order valence-electron chi connectivity index (χ3n) is 2.68. The predicted octanol–water partition coefficient (Wildman–Crippen LogP) is -0.00420. The second kappa shape index (κ2) is 4.74. The van der Waals surface area contributed by atoms with Gasteiger partial charge in [0.15, 0.2) is 0 Å². The van der Waals surface area contributed by atoms with E-state index in [-0.39, 0.29) is 5.91 Å². The van der Waals surface area contributed by atoms with Crippen LogP contribution >= 0.6 is 0 Å². The smallest absolute Gasteiger partial charge is 0.254 e. The summed E-state index contributed by atoms with van der Waals surface area (Å²) in [5, 5.41) is 0. The zero-order chi connectivity index (χ0) is 11.4. The third kappa shape index (κ3) is 2.18. The van der Waals surface area contributed by atoms with Gasteiger partial charge in [-0.1, -0.05) is 0 Å². The molecule has 0 spiro atoms. The minimum atomic E-state index is 0.00736. The first-order chi connectivity index (χ1) is 7.81. The van der Waals surface area contributed by atoms with Crippen molar-refractivity contribution >= 4 is 12.3 Å². The zero-order valence-corrected chi connectivity index (χ0v) is 8.87. The minimum Gasteiger partial charge on any atom is -0.342 e. The van der Waals surface area contributed by atoms with Gasteiger partial charge >= 0.3 is 0 Å². The van der Waals surface area contributed by atoms with E-state index in [1.54, 1.807) is 34.3 Å². The molecule has 1 aromatic rings. The van der Waals surface area contributed by atoms with Crippen LogP contribution in [0.5, 0.6) is 0 Å². The molecule has 1 saturated heterocycles. The fourth-order valence-electron chi connectivity index (χ4n) is 1.71. The number of amides is 2. The fraction of sp³-hybridized carbons (Fsp3) is 0.364. The lowest BCUT2D eigenvalue weighted by Crippen LogP contribution is -2.48. The van der Waals surface area contributed by atoms with Crippen LogP contribution in [0.25, 0.3) is 0 Å². The highest BCUT2D eigenvalue weighted by Crippen LogP contribution is 2.06. The first-order valence-electron chi connectivity index (χ1n) is 5.20. The van der Waals surface area contributed by atoms with Gasteiger partial charge in [-0.05, 0) is 12.1 Å². The van der Waals surface area contributed by atoms with E-state index >= 15 is 0 Å². The Bertz CT molecular complexity index is 372. The maximum atomic E-state index is 12.0. The number of aromatic nitrogens is 1. The molecule has 0 N–H and O–H groups in total. The number of hydrogen-bond donors (Lipinski definition) is 0. The van der Waals surface area contributed by atoms with Crippen molar-refractivity contribution in [2.75, 3.05) is 26.2 Å². The van der Waals surface area contributed by atoms with Crippen LogP contribution in [0.4, 0.5) is 0 Å². The fourth-order valence-corrected chi connectivity index (χ4v) is 1.71. The van der Waals surface area contributed by atoms with E-state index in [1.807, 2.05) is 0 Å². The van der Waals surface area contributed by atoms with E-state index in [0.29, 0.717) is 31.7 Å². The molecule has 0 bridgehead atoms. The molecule has 0 unspecified atom stereocenters. The average molecular weight is 219 g/mol. The number of pyridine rings is 1. The van der Waals surface area contributed by atoms with Crippen LogP contribution in [0.15, 0.2) is 24.5 Å². The molecule has 1 aromatic heterocycles. The largest absolute Gasteiger partial charge is 0.342 e. The Kier molecular flexibility index (Phi) is 3.14. The predicted molar refractivity (Wildman–Crippen MR) is 57.8 cm³/mol. The summed E-state index contributed by atoms with van der Waals surface area (Å²) in [5.74, 6) is 0.00736. The van der Waals surface area contributed by atoms with Crippen molar-refractivity contribution in [2.24, 2.45) is 0 Å². The van der Waals surface area contributed by atoms with Crippen LogP contribution < -0.4 is 0 Å². The Hall–Kier alpha value is -1.91. The Morgan fingerprint density at radius 1 is 1.19 bits per heavy atom. The zero-order valence-electron chi connectivity index (χ0n) is 8.87. The molecular formula is C11H13N3O2. The lowest BCUT2D eigenvalue weighted by Gasteiger charge is -2.32. The molecular weight excluding hydrogens is 206 g/mol. The van der Waals surface area contributed by atoms with Crippen molar-refractivity contribution in [1.82, 2.24) is 14.8 Å². The van der Waals surface area contributed by atoms with Crippen molar-refractivity contribution in [3.63, 3.8) is 0 Å². The number of carbonyl (C=O) groups is 2. The first kappa shape index (κ1) is 10.6. The van der Waals surface area contributed by atoms with E-state index in [2.05, 4.69) is 4.98 Å². The highest BCUT2D eigenvalue weighted by atomic mass is 16.2. The van der Waals surface area contributed by atoms with Gasteiger partial charge in [0, 0.05) is 44.1 Å². The summed E-state index contributed by atoms with van der Waals surface area (Å²) in [6, 6.07) is 3.41. The number of piperazine rings is 1. The molecule has 2 heterocycles. The van der Waals surface area contributed by atoms with Crippen molar-refractivity contribution in [3.8, 4) is 0 Å². The number of hydrogen-bond acceptors (Lipinski definition) is 3. The van der Waals surface area contributed by atoms with Crippen LogP contribution in [-0.2, 0) is 4.79 Å². The molecule has 0 aliphatic carbocycles. The highest BCUT2D eigenvalue weighted by Gasteiger charge is 2.20. The van der Waals surface area contributed by atoms with Gasteiger partial charge < -0.3 is 9.80 Å². The molecule has 0 saturated carbocycles. The summed E-state index contributed by atoms with van der Waals surface area (Å²) in [4.78, 5) is 29.8. The lowest BCUT2D eigenvalue weighted by molar-refractivity contribution is -0.119. The van der Waals surface area contributed by atoms with Crippen molar-refractivity contribution in [2.45, 2.75) is 0 Å². The summed E-state index contributed by atoms with van der Waals surface area (Å²) in [7, 11) is 0. The van der Waals surface area contributed by atoms with Gasteiger partial charge in [0.2, 0.25) is 6.41 Å². The third-order valence-corrected chi connectivity index (χ3v) is 2.68. The maximum absolute atomic E-state index is 12.0. The molecule has 2 rings (SSSR count). The maximum Gasteiger partial charge on any atom is 0.254 e. The first-order valence-corrected chi connectivity index (χ1v) is 5.20. The van der Waals surface area contributed by atoms with E-state index in [1.165, 1.54) is 0 Å². The summed E-state index contributed by atoms with van der Waals surface area (Å²) in [6.45, 7) is 2.42. The van der Waals surface area contributed by atoms with Gasteiger partial charge in [0.05, 0.1) is 0 Å². The van der Waals surface area contributed by atoms with Crippen LogP contribution in [0, 0.1) is 0 Å². The molecule has 1 aliphatic rings. The van der Waals surface area contributed by atoms with E-state index in [0.717, 1.165) is 6.41 Å². The van der Waals surface area contributed by atoms with Gasteiger partial charge in [-0.25, -0.2) is 0 Å². The van der Waals surface area contributed by atoms with Crippen LogP contribution in [0.2, 0.25) is 0 Å². The molecule has 84 valence electrons. The van der Waals surface area contributed by atoms with Gasteiger partial charge in [0.1, 0.15) is 0 Å². The molecule has 0 atom stereocenters. The van der Waals surface area contributed by atoms with Crippen molar-refractivity contribution < 1.29 is 9.59 Å². The standard InChI is InChI=1S/C11H13N3O2/c15-9-13-5-7-14(8-6-13)11(16)10-1-3-12-4-2-10/h1-4,9H,5-8H2.